The minimum atomic E-state index is -0.158. The molecule has 2 fully saturated rings. The predicted molar refractivity (Wildman–Crippen MR) is 66.0 cm³/mol. The van der Waals surface area contributed by atoms with E-state index in [2.05, 4.69) is 4.90 Å². The van der Waals surface area contributed by atoms with E-state index in [-0.39, 0.29) is 5.82 Å². The monoisotopic (exact) mass is 234 g/mol. The summed E-state index contributed by atoms with van der Waals surface area (Å²) in [4.78, 5) is 2.57. The van der Waals surface area contributed by atoms with Crippen LogP contribution in [0.1, 0.15) is 30.9 Å². The van der Waals surface area contributed by atoms with Gasteiger partial charge < -0.3 is 5.73 Å². The maximum absolute atomic E-state index is 13.0. The Hall–Kier alpha value is -0.930. The molecule has 2 unspecified atom stereocenters. The Morgan fingerprint density at radius 3 is 2.47 bits per heavy atom. The highest BCUT2D eigenvalue weighted by molar-refractivity contribution is 5.23. The predicted octanol–water partition coefficient (Wildman–Crippen LogP) is 2.31. The second-order valence-corrected chi connectivity index (χ2v) is 5.25. The molecule has 2 nitrogen and oxygen atoms in total. The first kappa shape index (κ1) is 11.2. The second kappa shape index (κ2) is 4.39. The summed E-state index contributed by atoms with van der Waals surface area (Å²) in [5, 5.41) is 0. The molecule has 2 N–H and O–H groups in total. The molecule has 1 heterocycles. The van der Waals surface area contributed by atoms with Crippen LogP contribution < -0.4 is 5.73 Å². The number of likely N-dealkylation sites (tertiary alicyclic amines) is 1. The van der Waals surface area contributed by atoms with Crippen LogP contribution in [0.2, 0.25) is 0 Å². The lowest BCUT2D eigenvalue weighted by atomic mass is 9.94. The van der Waals surface area contributed by atoms with Gasteiger partial charge in [-0.2, -0.15) is 0 Å². The largest absolute Gasteiger partial charge is 0.330 e. The van der Waals surface area contributed by atoms with Gasteiger partial charge in [-0.05, 0) is 56.0 Å². The number of hydrogen-bond acceptors (Lipinski definition) is 2. The molecule has 0 aromatic heterocycles. The molecule has 0 bridgehead atoms. The summed E-state index contributed by atoms with van der Waals surface area (Å²) in [5.74, 6) is 0.370. The van der Waals surface area contributed by atoms with Crippen molar-refractivity contribution in [1.29, 1.82) is 0 Å². The van der Waals surface area contributed by atoms with Gasteiger partial charge in [-0.25, -0.2) is 4.39 Å². The maximum Gasteiger partial charge on any atom is 0.123 e. The highest BCUT2D eigenvalue weighted by atomic mass is 19.1. The summed E-state index contributed by atoms with van der Waals surface area (Å²) in [6, 6.07) is 8.13. The average Bonchev–Trinajstić information content (AvgIpc) is 3.10. The zero-order chi connectivity index (χ0) is 11.8. The second-order valence-electron chi connectivity index (χ2n) is 5.25. The number of nitrogens with two attached hydrogens (primary N) is 1. The first-order valence-corrected chi connectivity index (χ1v) is 6.51. The van der Waals surface area contributed by atoms with Crippen molar-refractivity contribution in [3.63, 3.8) is 0 Å². The molecule has 1 aliphatic heterocycles. The van der Waals surface area contributed by atoms with Crippen molar-refractivity contribution < 1.29 is 4.39 Å². The minimum absolute atomic E-state index is 0.158. The van der Waals surface area contributed by atoms with Crippen molar-refractivity contribution in [3.05, 3.63) is 35.6 Å². The molecule has 2 atom stereocenters. The van der Waals surface area contributed by atoms with Crippen molar-refractivity contribution in [2.45, 2.75) is 31.3 Å². The molecule has 0 amide bonds. The number of nitrogens with zero attached hydrogens (tertiary/aromatic N) is 1. The van der Waals surface area contributed by atoms with Crippen LogP contribution in [0.5, 0.6) is 0 Å². The van der Waals surface area contributed by atoms with E-state index in [1.54, 1.807) is 12.1 Å². The van der Waals surface area contributed by atoms with E-state index in [0.717, 1.165) is 19.1 Å². The van der Waals surface area contributed by atoms with Crippen LogP contribution in [-0.2, 0) is 0 Å². The summed E-state index contributed by atoms with van der Waals surface area (Å²) < 4.78 is 13.0. The van der Waals surface area contributed by atoms with E-state index < -0.39 is 0 Å². The highest BCUT2D eigenvalue weighted by Crippen LogP contribution is 2.43. The van der Waals surface area contributed by atoms with E-state index in [4.69, 9.17) is 5.73 Å². The van der Waals surface area contributed by atoms with Crippen LogP contribution in [0.15, 0.2) is 24.3 Å². The van der Waals surface area contributed by atoms with E-state index in [9.17, 15) is 4.39 Å². The molecule has 2 aliphatic rings. The Bertz CT molecular complexity index is 386. The zero-order valence-electron chi connectivity index (χ0n) is 9.98. The molecule has 92 valence electrons. The van der Waals surface area contributed by atoms with Gasteiger partial charge in [0.05, 0.1) is 0 Å². The average molecular weight is 234 g/mol. The normalized spacial score (nSPS) is 29.8. The van der Waals surface area contributed by atoms with Gasteiger partial charge in [0.15, 0.2) is 0 Å². The Morgan fingerprint density at radius 2 is 1.88 bits per heavy atom. The number of hydrogen-bond donors (Lipinski definition) is 1. The molecular formula is C14H19FN2. The molecule has 3 heteroatoms. The van der Waals surface area contributed by atoms with Crippen molar-refractivity contribution >= 4 is 0 Å². The molecule has 1 aromatic rings. The summed E-state index contributed by atoms with van der Waals surface area (Å²) in [6.45, 7) is 1.87. The van der Waals surface area contributed by atoms with E-state index >= 15 is 0 Å². The van der Waals surface area contributed by atoms with Crippen molar-refractivity contribution in [2.75, 3.05) is 13.1 Å². The number of benzene rings is 1. The lowest BCUT2D eigenvalue weighted by Crippen LogP contribution is -2.29. The molecular weight excluding hydrogens is 215 g/mol. The standard InChI is InChI=1S/C14H19FN2/c15-12-3-1-10(2-4-12)14-11(9-16)7-8-17(14)13-5-6-13/h1-4,11,13-14H,5-9,16H2. The summed E-state index contributed by atoms with van der Waals surface area (Å²) in [7, 11) is 0. The molecule has 1 saturated carbocycles. The van der Waals surface area contributed by atoms with E-state index in [1.807, 2.05) is 12.1 Å². The van der Waals surface area contributed by atoms with Crippen LogP contribution in [0.3, 0.4) is 0 Å². The third kappa shape index (κ3) is 2.09. The summed E-state index contributed by atoms with van der Waals surface area (Å²) >= 11 is 0. The lowest BCUT2D eigenvalue weighted by Gasteiger charge is -2.28. The highest BCUT2D eigenvalue weighted by Gasteiger charge is 2.41. The van der Waals surface area contributed by atoms with Gasteiger partial charge in [0.1, 0.15) is 5.82 Å². The topological polar surface area (TPSA) is 29.3 Å². The number of halogens is 1. The van der Waals surface area contributed by atoms with E-state index in [0.29, 0.717) is 12.0 Å². The molecule has 1 aromatic carbocycles. The lowest BCUT2D eigenvalue weighted by molar-refractivity contribution is 0.220. The molecule has 3 rings (SSSR count). The minimum Gasteiger partial charge on any atom is -0.330 e. The quantitative estimate of drug-likeness (QED) is 0.869. The molecule has 1 saturated heterocycles. The Balaban J connectivity index is 1.87. The van der Waals surface area contributed by atoms with Gasteiger partial charge in [-0.1, -0.05) is 12.1 Å². The maximum atomic E-state index is 13.0. The van der Waals surface area contributed by atoms with Crippen LogP contribution in [-0.4, -0.2) is 24.0 Å². The van der Waals surface area contributed by atoms with Gasteiger partial charge in [0, 0.05) is 12.1 Å². The molecule has 17 heavy (non-hydrogen) atoms. The van der Waals surface area contributed by atoms with Crippen LogP contribution in [0.4, 0.5) is 4.39 Å². The first-order chi connectivity index (χ1) is 8.29. The fourth-order valence-corrected chi connectivity index (χ4v) is 3.07. The SMILES string of the molecule is NCC1CCN(C2CC2)C1c1ccc(F)cc1. The van der Waals surface area contributed by atoms with Crippen molar-refractivity contribution in [3.8, 4) is 0 Å². The Morgan fingerprint density at radius 1 is 1.18 bits per heavy atom. The molecule has 0 spiro atoms. The van der Waals surface area contributed by atoms with Gasteiger partial charge >= 0.3 is 0 Å². The van der Waals surface area contributed by atoms with Crippen LogP contribution in [0.25, 0.3) is 0 Å². The first-order valence-electron chi connectivity index (χ1n) is 6.51. The third-order valence-corrected chi connectivity index (χ3v) is 4.09. The molecule has 0 radical (unpaired) electrons. The summed E-state index contributed by atoms with van der Waals surface area (Å²) in [6.07, 6.45) is 3.80. The van der Waals surface area contributed by atoms with Crippen molar-refractivity contribution in [2.24, 2.45) is 11.7 Å². The Labute approximate surface area is 102 Å². The van der Waals surface area contributed by atoms with Crippen LogP contribution >= 0.6 is 0 Å². The summed E-state index contributed by atoms with van der Waals surface area (Å²) in [5.41, 5.74) is 7.10. The van der Waals surface area contributed by atoms with E-state index in [1.165, 1.54) is 24.8 Å². The fourth-order valence-electron chi connectivity index (χ4n) is 3.07. The Kier molecular flexibility index (Phi) is 2.89. The third-order valence-electron chi connectivity index (χ3n) is 4.09. The zero-order valence-corrected chi connectivity index (χ0v) is 9.98. The van der Waals surface area contributed by atoms with Crippen LogP contribution in [0, 0.1) is 11.7 Å². The van der Waals surface area contributed by atoms with Gasteiger partial charge in [-0.15, -0.1) is 0 Å². The van der Waals surface area contributed by atoms with Gasteiger partial charge in [0.25, 0.3) is 0 Å². The molecule has 1 aliphatic carbocycles. The van der Waals surface area contributed by atoms with Gasteiger partial charge in [-0.3, -0.25) is 4.90 Å². The van der Waals surface area contributed by atoms with Crippen molar-refractivity contribution in [1.82, 2.24) is 4.90 Å². The smallest absolute Gasteiger partial charge is 0.123 e. The fraction of sp³-hybridized carbons (Fsp3) is 0.571. The number of rotatable bonds is 3. The van der Waals surface area contributed by atoms with Gasteiger partial charge in [0.2, 0.25) is 0 Å².